The summed E-state index contributed by atoms with van der Waals surface area (Å²) >= 11 is 0. The molecule has 0 bridgehead atoms. The number of amides is 1. The Morgan fingerprint density at radius 3 is 2.58 bits per heavy atom. The number of nitrogens with one attached hydrogen (secondary N) is 1. The van der Waals surface area contributed by atoms with Gasteiger partial charge < -0.3 is 14.8 Å². The summed E-state index contributed by atoms with van der Waals surface area (Å²) in [5.74, 6) is 0.465. The van der Waals surface area contributed by atoms with E-state index in [0.717, 1.165) is 25.9 Å². The molecule has 0 aliphatic carbocycles. The van der Waals surface area contributed by atoms with Crippen molar-refractivity contribution in [1.82, 2.24) is 5.32 Å². The molecule has 4 atom stereocenters. The Bertz CT molecular complexity index is 324. The van der Waals surface area contributed by atoms with Crippen LogP contribution in [-0.4, -0.2) is 37.4 Å². The van der Waals surface area contributed by atoms with Gasteiger partial charge in [-0.2, -0.15) is 0 Å². The number of carbonyl (C=O) groups excluding carboxylic acids is 1. The highest BCUT2D eigenvalue weighted by Crippen LogP contribution is 2.34. The second kappa shape index (κ2) is 5.80. The third-order valence-electron chi connectivity index (χ3n) is 4.13. The van der Waals surface area contributed by atoms with Crippen molar-refractivity contribution in [2.45, 2.75) is 65.3 Å². The quantitative estimate of drug-likeness (QED) is 0.853. The maximum atomic E-state index is 12.0. The van der Waals surface area contributed by atoms with Gasteiger partial charge in [0.05, 0.1) is 12.2 Å². The van der Waals surface area contributed by atoms with E-state index in [9.17, 15) is 4.79 Å². The minimum absolute atomic E-state index is 0.0453. The fourth-order valence-corrected chi connectivity index (χ4v) is 3.14. The number of carbonyl (C=O) groups is 1. The molecule has 2 aliphatic heterocycles. The normalized spacial score (nSPS) is 35.6. The number of hydrogen-bond donors (Lipinski definition) is 1. The van der Waals surface area contributed by atoms with Crippen LogP contribution in [0.1, 0.15) is 47.0 Å². The molecule has 0 aromatic heterocycles. The molecule has 1 N–H and O–H groups in total. The fraction of sp³-hybridized carbons (Fsp3) is 0.933. The van der Waals surface area contributed by atoms with Gasteiger partial charge in [0, 0.05) is 19.1 Å². The molecule has 2 saturated heterocycles. The van der Waals surface area contributed by atoms with Crippen molar-refractivity contribution in [2.75, 3.05) is 13.2 Å². The first kappa shape index (κ1) is 14.8. The van der Waals surface area contributed by atoms with Crippen LogP contribution in [0.3, 0.4) is 0 Å². The molecule has 2 fully saturated rings. The summed E-state index contributed by atoms with van der Waals surface area (Å²) in [5.41, 5.74) is 0.129. The highest BCUT2D eigenvalue weighted by atomic mass is 16.5. The predicted molar refractivity (Wildman–Crippen MR) is 73.9 cm³/mol. The first-order valence-corrected chi connectivity index (χ1v) is 7.42. The van der Waals surface area contributed by atoms with Gasteiger partial charge in [-0.15, -0.1) is 0 Å². The van der Waals surface area contributed by atoms with Crippen molar-refractivity contribution in [3.8, 4) is 0 Å². The van der Waals surface area contributed by atoms with Crippen LogP contribution in [-0.2, 0) is 14.3 Å². The summed E-state index contributed by atoms with van der Waals surface area (Å²) < 4.78 is 11.4. The van der Waals surface area contributed by atoms with Crippen LogP contribution in [0.4, 0.5) is 0 Å². The van der Waals surface area contributed by atoms with Gasteiger partial charge in [0.25, 0.3) is 0 Å². The lowest BCUT2D eigenvalue weighted by atomic mass is 9.81. The molecule has 2 rings (SSSR count). The predicted octanol–water partition coefficient (Wildman–Crippen LogP) is 2.12. The van der Waals surface area contributed by atoms with Gasteiger partial charge in [-0.25, -0.2) is 0 Å². The molecule has 2 heterocycles. The molecule has 0 aromatic carbocycles. The SMILES string of the molecule is CC1CCC(C(=O)NC[C@H]2CCO[C@@H]2C(C)(C)C)O1. The number of ether oxygens (including phenoxy) is 2. The van der Waals surface area contributed by atoms with Crippen LogP contribution in [0.15, 0.2) is 0 Å². The van der Waals surface area contributed by atoms with Crippen LogP contribution in [0.2, 0.25) is 0 Å². The van der Waals surface area contributed by atoms with E-state index in [1.165, 1.54) is 0 Å². The third kappa shape index (κ3) is 3.69. The average Bonchev–Trinajstić information content (AvgIpc) is 2.93. The van der Waals surface area contributed by atoms with Crippen molar-refractivity contribution in [3.63, 3.8) is 0 Å². The van der Waals surface area contributed by atoms with Crippen molar-refractivity contribution in [2.24, 2.45) is 11.3 Å². The number of rotatable bonds is 3. The number of hydrogen-bond acceptors (Lipinski definition) is 3. The Hall–Kier alpha value is -0.610. The van der Waals surface area contributed by atoms with E-state index in [-0.39, 0.29) is 29.6 Å². The molecule has 19 heavy (non-hydrogen) atoms. The van der Waals surface area contributed by atoms with E-state index in [1.807, 2.05) is 6.92 Å². The third-order valence-corrected chi connectivity index (χ3v) is 4.13. The molecule has 0 aromatic rings. The maximum Gasteiger partial charge on any atom is 0.249 e. The molecule has 4 heteroatoms. The molecule has 2 unspecified atom stereocenters. The van der Waals surface area contributed by atoms with Gasteiger partial charge in [-0.3, -0.25) is 4.79 Å². The molecule has 1 amide bonds. The van der Waals surface area contributed by atoms with E-state index in [1.54, 1.807) is 0 Å². The standard InChI is InChI=1S/C15H27NO3/c1-10-5-6-12(19-10)14(17)16-9-11-7-8-18-13(11)15(2,3)4/h10-13H,5-9H2,1-4H3,(H,16,17)/t10?,11-,12?,13+/m1/s1. The highest BCUT2D eigenvalue weighted by molar-refractivity contribution is 5.81. The van der Waals surface area contributed by atoms with Gasteiger partial charge in [0.1, 0.15) is 6.10 Å². The lowest BCUT2D eigenvalue weighted by molar-refractivity contribution is -0.132. The summed E-state index contributed by atoms with van der Waals surface area (Å²) in [6.07, 6.45) is 3.06. The maximum absolute atomic E-state index is 12.0. The minimum Gasteiger partial charge on any atom is -0.377 e. The lowest BCUT2D eigenvalue weighted by Crippen LogP contribution is -2.42. The second-order valence-electron chi connectivity index (χ2n) is 6.96. The highest BCUT2D eigenvalue weighted by Gasteiger charge is 2.37. The van der Waals surface area contributed by atoms with Gasteiger partial charge in [0.2, 0.25) is 5.91 Å². The Labute approximate surface area is 116 Å². The van der Waals surface area contributed by atoms with Gasteiger partial charge in [0.15, 0.2) is 0 Å². The smallest absolute Gasteiger partial charge is 0.249 e. The van der Waals surface area contributed by atoms with E-state index >= 15 is 0 Å². The van der Waals surface area contributed by atoms with Crippen LogP contribution < -0.4 is 5.32 Å². The molecule has 4 nitrogen and oxygen atoms in total. The Balaban J connectivity index is 1.80. The van der Waals surface area contributed by atoms with E-state index in [2.05, 4.69) is 26.1 Å². The van der Waals surface area contributed by atoms with Crippen LogP contribution in [0.25, 0.3) is 0 Å². The summed E-state index contributed by atoms with van der Waals surface area (Å²) in [6, 6.07) is 0. The van der Waals surface area contributed by atoms with Crippen molar-refractivity contribution >= 4 is 5.91 Å². The Kier molecular flexibility index (Phi) is 4.51. The molecular weight excluding hydrogens is 242 g/mol. The molecule has 0 spiro atoms. The van der Waals surface area contributed by atoms with E-state index in [4.69, 9.17) is 9.47 Å². The lowest BCUT2D eigenvalue weighted by Gasteiger charge is -2.31. The van der Waals surface area contributed by atoms with Crippen LogP contribution >= 0.6 is 0 Å². The Morgan fingerprint density at radius 1 is 1.26 bits per heavy atom. The first-order valence-electron chi connectivity index (χ1n) is 7.42. The van der Waals surface area contributed by atoms with Gasteiger partial charge in [-0.1, -0.05) is 20.8 Å². The Morgan fingerprint density at radius 2 is 2.00 bits per heavy atom. The van der Waals surface area contributed by atoms with Crippen LogP contribution in [0.5, 0.6) is 0 Å². The topological polar surface area (TPSA) is 47.6 Å². The second-order valence-corrected chi connectivity index (χ2v) is 6.96. The van der Waals surface area contributed by atoms with Crippen LogP contribution in [0, 0.1) is 11.3 Å². The molecule has 110 valence electrons. The summed E-state index contributed by atoms with van der Waals surface area (Å²) in [6.45, 7) is 10.1. The van der Waals surface area contributed by atoms with E-state index < -0.39 is 0 Å². The minimum atomic E-state index is -0.245. The van der Waals surface area contributed by atoms with Gasteiger partial charge >= 0.3 is 0 Å². The van der Waals surface area contributed by atoms with Crippen molar-refractivity contribution in [3.05, 3.63) is 0 Å². The summed E-state index contributed by atoms with van der Waals surface area (Å²) in [7, 11) is 0. The molecule has 0 saturated carbocycles. The molecule has 2 aliphatic rings. The van der Waals surface area contributed by atoms with Crippen molar-refractivity contribution in [1.29, 1.82) is 0 Å². The average molecular weight is 269 g/mol. The van der Waals surface area contributed by atoms with E-state index in [0.29, 0.717) is 12.5 Å². The largest absolute Gasteiger partial charge is 0.377 e. The zero-order valence-electron chi connectivity index (χ0n) is 12.6. The zero-order valence-corrected chi connectivity index (χ0v) is 12.6. The first-order chi connectivity index (χ1) is 8.88. The molecule has 0 radical (unpaired) electrons. The van der Waals surface area contributed by atoms with Gasteiger partial charge in [-0.05, 0) is 31.6 Å². The summed E-state index contributed by atoms with van der Waals surface area (Å²) in [5, 5.41) is 3.05. The van der Waals surface area contributed by atoms with Crippen molar-refractivity contribution < 1.29 is 14.3 Å². The monoisotopic (exact) mass is 269 g/mol. The fourth-order valence-electron chi connectivity index (χ4n) is 3.14. The summed E-state index contributed by atoms with van der Waals surface area (Å²) in [4.78, 5) is 12.0. The zero-order chi connectivity index (χ0) is 14.0. The molecular formula is C15H27NO3.